The largest absolute Gasteiger partial charge is 0.487 e. The van der Waals surface area contributed by atoms with E-state index in [0.29, 0.717) is 39.1 Å². The summed E-state index contributed by atoms with van der Waals surface area (Å²) < 4.78 is 47.7. The molecule has 12 heteroatoms. The van der Waals surface area contributed by atoms with Gasteiger partial charge in [0, 0.05) is 29.4 Å². The van der Waals surface area contributed by atoms with Crippen LogP contribution >= 0.6 is 11.6 Å². The van der Waals surface area contributed by atoms with Gasteiger partial charge < -0.3 is 19.6 Å². The van der Waals surface area contributed by atoms with Gasteiger partial charge in [-0.25, -0.2) is 22.8 Å². The van der Waals surface area contributed by atoms with E-state index >= 15 is 0 Å². The Morgan fingerprint density at radius 2 is 1.93 bits per heavy atom. The van der Waals surface area contributed by atoms with Crippen LogP contribution in [-0.2, 0) is 16.4 Å². The van der Waals surface area contributed by atoms with Gasteiger partial charge in [0.15, 0.2) is 6.23 Å². The van der Waals surface area contributed by atoms with E-state index in [0.717, 1.165) is 17.2 Å². The molecule has 212 valence electrons. The van der Waals surface area contributed by atoms with Crippen molar-refractivity contribution in [1.29, 1.82) is 0 Å². The molecule has 41 heavy (non-hydrogen) atoms. The summed E-state index contributed by atoms with van der Waals surface area (Å²) >= 11 is 6.46. The van der Waals surface area contributed by atoms with E-state index in [1.165, 1.54) is 18.5 Å². The molecule has 9 nitrogen and oxygen atoms in total. The van der Waals surface area contributed by atoms with Crippen LogP contribution in [0.1, 0.15) is 17.6 Å². The van der Waals surface area contributed by atoms with Crippen LogP contribution in [0, 0.1) is 5.82 Å². The number of halogens is 2. The smallest absolute Gasteiger partial charge is 0.163 e. The number of sulfone groups is 1. The molecule has 0 saturated heterocycles. The third-order valence-corrected chi connectivity index (χ3v) is 7.35. The Morgan fingerprint density at radius 3 is 2.71 bits per heavy atom. The fraction of sp³-hybridized carbons (Fsp3) is 0.172. The summed E-state index contributed by atoms with van der Waals surface area (Å²) in [5, 5.41) is 17.4. The van der Waals surface area contributed by atoms with Gasteiger partial charge in [-0.15, -0.1) is 0 Å². The highest BCUT2D eigenvalue weighted by molar-refractivity contribution is 7.90. The Hall–Kier alpha value is -4.03. The highest BCUT2D eigenvalue weighted by Gasteiger charge is 2.15. The van der Waals surface area contributed by atoms with Crippen LogP contribution in [-0.4, -0.2) is 42.0 Å². The number of nitrogens with one attached hydrogen (secondary N) is 2. The van der Waals surface area contributed by atoms with E-state index in [1.54, 1.807) is 42.5 Å². The van der Waals surface area contributed by atoms with E-state index in [-0.39, 0.29) is 30.5 Å². The maximum absolute atomic E-state index is 13.4. The first kappa shape index (κ1) is 28.5. The van der Waals surface area contributed by atoms with Gasteiger partial charge in [-0.05, 0) is 66.2 Å². The molecule has 0 aliphatic heterocycles. The number of hydrogen-bond donors (Lipinski definition) is 3. The highest BCUT2D eigenvalue weighted by Crippen LogP contribution is 2.33. The number of ether oxygens (including phenoxy) is 1. The number of furan rings is 1. The van der Waals surface area contributed by atoms with Crippen LogP contribution in [0.5, 0.6) is 5.75 Å². The molecular formula is C29H26ClFN4O5S. The van der Waals surface area contributed by atoms with E-state index in [1.807, 2.05) is 18.2 Å². The molecule has 0 fully saturated rings. The minimum absolute atomic E-state index is 0.0858. The molecule has 1 atom stereocenters. The Labute approximate surface area is 240 Å². The number of nitrogens with zero attached hydrogens (tertiary/aromatic N) is 2. The van der Waals surface area contributed by atoms with Crippen LogP contribution in [0.3, 0.4) is 0 Å². The topological polar surface area (TPSA) is 127 Å². The summed E-state index contributed by atoms with van der Waals surface area (Å²) in [5.41, 5.74) is 2.78. The molecule has 1 unspecified atom stereocenters. The first-order valence-corrected chi connectivity index (χ1v) is 15.0. The van der Waals surface area contributed by atoms with Crippen LogP contribution in [0.2, 0.25) is 5.02 Å². The fourth-order valence-corrected chi connectivity index (χ4v) is 4.79. The summed E-state index contributed by atoms with van der Waals surface area (Å²) in [6.07, 6.45) is 1.43. The lowest BCUT2D eigenvalue weighted by Crippen LogP contribution is -2.26. The van der Waals surface area contributed by atoms with E-state index < -0.39 is 16.1 Å². The van der Waals surface area contributed by atoms with Crippen molar-refractivity contribution in [2.45, 2.75) is 12.8 Å². The first-order chi connectivity index (χ1) is 19.6. The first-order valence-electron chi connectivity index (χ1n) is 12.5. The number of anilines is 2. The zero-order valence-electron chi connectivity index (χ0n) is 21.8. The van der Waals surface area contributed by atoms with Gasteiger partial charge in [-0.2, -0.15) is 0 Å². The molecule has 0 radical (unpaired) electrons. The maximum atomic E-state index is 13.4. The molecule has 2 aromatic heterocycles. The van der Waals surface area contributed by atoms with Crippen molar-refractivity contribution in [3.05, 3.63) is 101 Å². The molecule has 3 aromatic carbocycles. The Morgan fingerprint density at radius 1 is 1.07 bits per heavy atom. The molecule has 0 amide bonds. The normalized spacial score (nSPS) is 12.4. The lowest BCUT2D eigenvalue weighted by molar-refractivity contribution is 0.117. The summed E-state index contributed by atoms with van der Waals surface area (Å²) in [4.78, 5) is 8.74. The number of aliphatic hydroxyl groups is 1. The zero-order valence-corrected chi connectivity index (χ0v) is 23.4. The predicted octanol–water partition coefficient (Wildman–Crippen LogP) is 5.63. The van der Waals surface area contributed by atoms with Gasteiger partial charge in [0.05, 0.1) is 16.3 Å². The van der Waals surface area contributed by atoms with Crippen molar-refractivity contribution >= 4 is 43.8 Å². The van der Waals surface area contributed by atoms with Gasteiger partial charge in [-0.1, -0.05) is 23.7 Å². The van der Waals surface area contributed by atoms with Crippen molar-refractivity contribution in [2.75, 3.05) is 23.9 Å². The number of aromatic nitrogens is 2. The lowest BCUT2D eigenvalue weighted by Gasteiger charge is -2.12. The zero-order chi connectivity index (χ0) is 29.0. The minimum atomic E-state index is -3.15. The molecule has 2 heterocycles. The van der Waals surface area contributed by atoms with Crippen molar-refractivity contribution in [3.8, 4) is 17.1 Å². The van der Waals surface area contributed by atoms with Gasteiger partial charge in [-0.3, -0.25) is 5.32 Å². The number of aliphatic hydroxyl groups excluding tert-OH is 1. The second-order valence-electron chi connectivity index (χ2n) is 9.33. The van der Waals surface area contributed by atoms with Crippen LogP contribution in [0.15, 0.2) is 83.5 Å². The van der Waals surface area contributed by atoms with Crippen LogP contribution in [0.25, 0.3) is 22.2 Å². The summed E-state index contributed by atoms with van der Waals surface area (Å²) in [7, 11) is -3.15. The number of benzene rings is 3. The minimum Gasteiger partial charge on any atom is -0.487 e. The predicted molar refractivity (Wildman–Crippen MR) is 155 cm³/mol. The monoisotopic (exact) mass is 596 g/mol. The number of hydrogen-bond acceptors (Lipinski definition) is 9. The molecule has 0 spiro atoms. The molecule has 0 aliphatic rings. The molecular weight excluding hydrogens is 571 g/mol. The van der Waals surface area contributed by atoms with Gasteiger partial charge >= 0.3 is 0 Å². The molecule has 0 saturated carbocycles. The Kier molecular flexibility index (Phi) is 8.50. The highest BCUT2D eigenvalue weighted by atomic mass is 35.5. The standard InChI is InChI=1S/C29H26ClFN4O5S/c1-41(37,38)12-11-32-29(36)27-10-9-25(40-27)19-5-7-24-22(14-19)28(34-17-33-24)35-21-6-8-26(23(30)15-21)39-16-18-3-2-4-20(31)13-18/h2-10,13-15,17,29,32,36H,11-12,16H2,1H3,(H,33,34,35). The maximum Gasteiger partial charge on any atom is 0.163 e. The third-order valence-electron chi connectivity index (χ3n) is 6.10. The van der Waals surface area contributed by atoms with Crippen molar-refractivity contribution < 1.29 is 27.1 Å². The van der Waals surface area contributed by atoms with E-state index in [4.69, 9.17) is 20.8 Å². The second kappa shape index (κ2) is 12.2. The average molecular weight is 597 g/mol. The van der Waals surface area contributed by atoms with E-state index in [2.05, 4.69) is 20.6 Å². The number of rotatable bonds is 11. The van der Waals surface area contributed by atoms with Crippen LogP contribution < -0.4 is 15.4 Å². The summed E-state index contributed by atoms with van der Waals surface area (Å²) in [6.45, 7) is 0.258. The van der Waals surface area contributed by atoms with Crippen molar-refractivity contribution in [1.82, 2.24) is 15.3 Å². The third kappa shape index (κ3) is 7.39. The molecule has 3 N–H and O–H groups in total. The van der Waals surface area contributed by atoms with Gasteiger partial charge in [0.2, 0.25) is 0 Å². The number of fused-ring (bicyclic) bond motifs is 1. The fourth-order valence-electron chi connectivity index (χ4n) is 4.07. The van der Waals surface area contributed by atoms with Crippen molar-refractivity contribution in [2.24, 2.45) is 0 Å². The van der Waals surface area contributed by atoms with Crippen LogP contribution in [0.4, 0.5) is 15.9 Å². The quantitative estimate of drug-likeness (QED) is 0.166. The summed E-state index contributed by atoms with van der Waals surface area (Å²) in [5.74, 6) is 1.32. The molecule has 5 rings (SSSR count). The summed E-state index contributed by atoms with van der Waals surface area (Å²) in [6, 6.07) is 20.3. The average Bonchev–Trinajstić information content (AvgIpc) is 3.43. The molecule has 5 aromatic rings. The second-order valence-corrected chi connectivity index (χ2v) is 12.0. The van der Waals surface area contributed by atoms with Gasteiger partial charge in [0.1, 0.15) is 51.7 Å². The lowest BCUT2D eigenvalue weighted by atomic mass is 10.1. The van der Waals surface area contributed by atoms with Gasteiger partial charge in [0.25, 0.3) is 0 Å². The van der Waals surface area contributed by atoms with E-state index in [9.17, 15) is 17.9 Å². The Bertz CT molecular complexity index is 1800. The SMILES string of the molecule is CS(=O)(=O)CCNC(O)c1ccc(-c2ccc3ncnc(Nc4ccc(OCc5cccc(F)c5)c(Cl)c4)c3c2)o1. The Balaban J connectivity index is 1.31. The molecule has 0 bridgehead atoms. The molecule has 0 aliphatic carbocycles. The van der Waals surface area contributed by atoms with Crippen molar-refractivity contribution in [3.63, 3.8) is 0 Å².